The van der Waals surface area contributed by atoms with E-state index in [1.165, 1.54) is 42.1 Å². The molecule has 0 unspecified atom stereocenters. The van der Waals surface area contributed by atoms with Crippen LogP contribution in [0.15, 0.2) is 205 Å². The molecule has 0 atom stereocenters. The van der Waals surface area contributed by atoms with Crippen molar-refractivity contribution in [2.24, 2.45) is 0 Å². The molecule has 0 aliphatic carbocycles. The van der Waals surface area contributed by atoms with Gasteiger partial charge >= 0.3 is 0 Å². The van der Waals surface area contributed by atoms with Crippen molar-refractivity contribution >= 4 is 81.3 Å². The van der Waals surface area contributed by atoms with Crippen LogP contribution in [0.4, 0.5) is 17.1 Å². The van der Waals surface area contributed by atoms with E-state index < -0.39 is 0 Å². The number of hydrogen-bond acceptors (Lipinski definition) is 3. The monoisotopic (exact) mass is 719 g/mol. The summed E-state index contributed by atoms with van der Waals surface area (Å²) in [6, 6.07) is 72.1. The van der Waals surface area contributed by atoms with E-state index in [4.69, 9.17) is 4.42 Å². The van der Waals surface area contributed by atoms with E-state index in [2.05, 4.69) is 205 Å². The molecule has 0 saturated carbocycles. The Morgan fingerprint density at radius 3 is 1.73 bits per heavy atom. The third-order valence-electron chi connectivity index (χ3n) is 10.8. The number of rotatable bonds is 6. The number of fused-ring (bicyclic) bond motifs is 8. The smallest absolute Gasteiger partial charge is 0.143 e. The number of anilines is 3. The Hall–Kier alpha value is -6.94. The van der Waals surface area contributed by atoms with Gasteiger partial charge in [0.05, 0.1) is 22.4 Å². The minimum Gasteiger partial charge on any atom is -0.455 e. The van der Waals surface area contributed by atoms with Crippen molar-refractivity contribution in [3.05, 3.63) is 200 Å². The molecule has 11 rings (SSSR count). The van der Waals surface area contributed by atoms with Crippen molar-refractivity contribution in [1.82, 2.24) is 0 Å². The average Bonchev–Trinajstić information content (AvgIpc) is 3.85. The van der Waals surface area contributed by atoms with Gasteiger partial charge in [-0.15, -0.1) is 11.3 Å². The molecule has 0 N–H and O–H groups in total. The van der Waals surface area contributed by atoms with Crippen LogP contribution >= 0.6 is 11.3 Å². The highest BCUT2D eigenvalue weighted by molar-refractivity contribution is 7.26. The molecule has 0 aliphatic rings. The lowest BCUT2D eigenvalue weighted by molar-refractivity contribution is 0.670. The summed E-state index contributed by atoms with van der Waals surface area (Å²) in [6.45, 7) is 0. The van der Waals surface area contributed by atoms with Crippen LogP contribution in [0, 0.1) is 0 Å². The van der Waals surface area contributed by atoms with E-state index in [1.807, 2.05) is 11.3 Å². The second kappa shape index (κ2) is 12.9. The molecule has 2 aromatic heterocycles. The SMILES string of the molecule is c1ccc(-c2ccc(N(c3cccc4sc5ccccc5c34)c3cccc4oc5c(-c6ccccc6)cc6ccccc6c5c34)c(-c3ccccc3)c2)cc1. The third-order valence-corrected chi connectivity index (χ3v) is 12.0. The predicted molar refractivity (Wildman–Crippen MR) is 235 cm³/mol. The van der Waals surface area contributed by atoms with Crippen LogP contribution in [0.3, 0.4) is 0 Å². The van der Waals surface area contributed by atoms with Crippen molar-refractivity contribution in [3.63, 3.8) is 0 Å². The van der Waals surface area contributed by atoms with Crippen LogP contribution in [0.2, 0.25) is 0 Å². The molecule has 0 saturated heterocycles. The van der Waals surface area contributed by atoms with E-state index >= 15 is 0 Å². The molecule has 0 bridgehead atoms. The van der Waals surface area contributed by atoms with Crippen LogP contribution < -0.4 is 4.90 Å². The Balaban J connectivity index is 1.30. The lowest BCUT2D eigenvalue weighted by atomic mass is 9.94. The molecule has 258 valence electrons. The van der Waals surface area contributed by atoms with Crippen LogP contribution in [0.1, 0.15) is 0 Å². The number of furan rings is 1. The summed E-state index contributed by atoms with van der Waals surface area (Å²) in [4.78, 5) is 2.50. The standard InChI is InChI=1S/C52H33NOS/c1-4-16-34(17-5-1)37-30-31-43(41(32-37)35-18-6-2-7-19-35)53(44-26-15-29-48-49(44)40-24-12-13-28-47(40)55-48)45-25-14-27-46-51(45)50-39-23-11-10-22-38(39)33-42(52(50)54-46)36-20-8-3-9-21-36/h1-33H. The van der Waals surface area contributed by atoms with Gasteiger partial charge in [-0.25, -0.2) is 0 Å². The van der Waals surface area contributed by atoms with Crippen molar-refractivity contribution in [2.75, 3.05) is 4.90 Å². The molecule has 0 fully saturated rings. The molecule has 3 heteroatoms. The fourth-order valence-corrected chi connectivity index (χ4v) is 9.52. The number of thiophene rings is 1. The predicted octanol–water partition coefficient (Wildman–Crippen LogP) is 15.6. The van der Waals surface area contributed by atoms with Gasteiger partial charge in [-0.1, -0.05) is 152 Å². The summed E-state index contributed by atoms with van der Waals surface area (Å²) in [5.74, 6) is 0. The molecule has 2 nitrogen and oxygen atoms in total. The first-order valence-electron chi connectivity index (χ1n) is 18.7. The zero-order valence-corrected chi connectivity index (χ0v) is 30.6. The highest BCUT2D eigenvalue weighted by atomic mass is 32.1. The van der Waals surface area contributed by atoms with Crippen LogP contribution in [0.25, 0.3) is 86.3 Å². The summed E-state index contributed by atoms with van der Waals surface area (Å²) in [5, 5.41) is 7.07. The zero-order chi connectivity index (χ0) is 36.3. The highest BCUT2D eigenvalue weighted by Crippen LogP contribution is 2.52. The average molecular weight is 720 g/mol. The number of hydrogen-bond donors (Lipinski definition) is 0. The Morgan fingerprint density at radius 2 is 0.964 bits per heavy atom. The maximum absolute atomic E-state index is 7.02. The summed E-state index contributed by atoms with van der Waals surface area (Å²) >= 11 is 1.85. The first kappa shape index (κ1) is 31.6. The number of nitrogens with zero attached hydrogens (tertiary/aromatic N) is 1. The topological polar surface area (TPSA) is 16.4 Å². The van der Waals surface area contributed by atoms with Crippen molar-refractivity contribution in [2.45, 2.75) is 0 Å². The quantitative estimate of drug-likeness (QED) is 0.170. The second-order valence-electron chi connectivity index (χ2n) is 14.0. The zero-order valence-electron chi connectivity index (χ0n) is 29.8. The first-order chi connectivity index (χ1) is 27.3. The normalized spacial score (nSPS) is 11.6. The van der Waals surface area contributed by atoms with E-state index in [1.54, 1.807) is 0 Å². The maximum Gasteiger partial charge on any atom is 0.143 e. The highest BCUT2D eigenvalue weighted by Gasteiger charge is 2.26. The molecule has 0 spiro atoms. The molecule has 2 heterocycles. The lowest BCUT2D eigenvalue weighted by Gasteiger charge is -2.30. The minimum absolute atomic E-state index is 0.857. The van der Waals surface area contributed by atoms with Crippen molar-refractivity contribution < 1.29 is 4.42 Å². The fourth-order valence-electron chi connectivity index (χ4n) is 8.39. The summed E-state index contributed by atoms with van der Waals surface area (Å²) in [6.07, 6.45) is 0. The van der Waals surface area contributed by atoms with Gasteiger partial charge in [-0.2, -0.15) is 0 Å². The summed E-state index contributed by atoms with van der Waals surface area (Å²) in [5.41, 5.74) is 11.9. The molecule has 9 aromatic carbocycles. The van der Waals surface area contributed by atoms with Gasteiger partial charge in [0.2, 0.25) is 0 Å². The van der Waals surface area contributed by atoms with Crippen molar-refractivity contribution in [3.8, 4) is 33.4 Å². The Morgan fingerprint density at radius 1 is 0.364 bits per heavy atom. The molecular weight excluding hydrogens is 687 g/mol. The van der Waals surface area contributed by atoms with Gasteiger partial charge in [0, 0.05) is 36.7 Å². The second-order valence-corrected chi connectivity index (χ2v) is 15.1. The fraction of sp³-hybridized carbons (Fsp3) is 0. The van der Waals surface area contributed by atoms with Gasteiger partial charge in [-0.3, -0.25) is 0 Å². The molecule has 0 radical (unpaired) electrons. The van der Waals surface area contributed by atoms with Gasteiger partial charge in [-0.05, 0) is 81.6 Å². The van der Waals surface area contributed by atoms with Crippen LogP contribution in [0.5, 0.6) is 0 Å². The molecule has 0 amide bonds. The summed E-state index contributed by atoms with van der Waals surface area (Å²) in [7, 11) is 0. The largest absolute Gasteiger partial charge is 0.455 e. The first-order valence-corrected chi connectivity index (χ1v) is 19.5. The van der Waals surface area contributed by atoms with E-state index in [0.29, 0.717) is 0 Å². The summed E-state index contributed by atoms with van der Waals surface area (Å²) < 4.78 is 9.55. The van der Waals surface area contributed by atoms with E-state index in [-0.39, 0.29) is 0 Å². The van der Waals surface area contributed by atoms with Gasteiger partial charge in [0.25, 0.3) is 0 Å². The Kier molecular flexibility index (Phi) is 7.39. The Labute approximate surface area is 322 Å². The van der Waals surface area contributed by atoms with E-state index in [9.17, 15) is 0 Å². The van der Waals surface area contributed by atoms with E-state index in [0.717, 1.165) is 61.3 Å². The molecule has 11 aromatic rings. The minimum atomic E-state index is 0.857. The van der Waals surface area contributed by atoms with Gasteiger partial charge in [0.15, 0.2) is 0 Å². The Bertz CT molecular complexity index is 3200. The molecular formula is C52H33NOS. The molecule has 55 heavy (non-hydrogen) atoms. The van der Waals surface area contributed by atoms with Gasteiger partial charge in [0.1, 0.15) is 11.2 Å². The number of benzene rings is 9. The van der Waals surface area contributed by atoms with Crippen LogP contribution in [-0.4, -0.2) is 0 Å². The maximum atomic E-state index is 7.02. The lowest BCUT2D eigenvalue weighted by Crippen LogP contribution is -2.12. The van der Waals surface area contributed by atoms with Gasteiger partial charge < -0.3 is 9.32 Å². The third kappa shape index (κ3) is 5.16. The van der Waals surface area contributed by atoms with Crippen molar-refractivity contribution in [1.29, 1.82) is 0 Å². The molecule has 0 aliphatic heterocycles. The van der Waals surface area contributed by atoms with Crippen LogP contribution in [-0.2, 0) is 0 Å².